The van der Waals surface area contributed by atoms with E-state index in [1.54, 1.807) is 18.3 Å². The number of nitrogens with zero attached hydrogens (tertiary/aromatic N) is 1. The van der Waals surface area contributed by atoms with Gasteiger partial charge in [0.25, 0.3) is 10.1 Å². The largest absolute Gasteiger partial charge is 0.483 e. The number of benzene rings is 2. The van der Waals surface area contributed by atoms with E-state index in [9.17, 15) is 8.42 Å². The smallest absolute Gasteiger partial charge is 0.297 e. The second-order valence-corrected chi connectivity index (χ2v) is 8.11. The van der Waals surface area contributed by atoms with Crippen molar-refractivity contribution < 1.29 is 17.3 Å². The van der Waals surface area contributed by atoms with E-state index in [-0.39, 0.29) is 11.5 Å². The Hall–Kier alpha value is -2.96. The van der Waals surface area contributed by atoms with Crippen molar-refractivity contribution in [3.05, 3.63) is 84.6 Å². The van der Waals surface area contributed by atoms with E-state index in [0.717, 1.165) is 22.0 Å². The molecule has 0 aliphatic rings. The fraction of sp³-hybridized carbons (Fsp3) is 0.174. The van der Waals surface area contributed by atoms with Crippen molar-refractivity contribution in [3.63, 3.8) is 0 Å². The van der Waals surface area contributed by atoms with Gasteiger partial charge in [0.2, 0.25) is 0 Å². The Labute approximate surface area is 171 Å². The molecule has 0 aliphatic heterocycles. The molecule has 29 heavy (non-hydrogen) atoms. The molecule has 0 spiro atoms. The Morgan fingerprint density at radius 3 is 2.59 bits per heavy atom. The molecule has 1 aromatic heterocycles. The van der Waals surface area contributed by atoms with Crippen molar-refractivity contribution in [1.82, 2.24) is 4.98 Å². The number of allylic oxidation sites excluding steroid dienone is 1. The molecule has 0 bridgehead atoms. The summed E-state index contributed by atoms with van der Waals surface area (Å²) < 4.78 is 36.3. The maximum absolute atomic E-state index is 12.5. The zero-order valence-corrected chi connectivity index (χ0v) is 17.2. The quantitative estimate of drug-likeness (QED) is 0.390. The highest BCUT2D eigenvalue weighted by atomic mass is 32.2. The van der Waals surface area contributed by atoms with Gasteiger partial charge in [-0.2, -0.15) is 8.42 Å². The monoisotopic (exact) mass is 409 g/mol. The summed E-state index contributed by atoms with van der Waals surface area (Å²) >= 11 is 0. The highest BCUT2D eigenvalue weighted by Gasteiger charge is 2.19. The van der Waals surface area contributed by atoms with Gasteiger partial charge in [0.1, 0.15) is 18.5 Å². The molecule has 6 heteroatoms. The van der Waals surface area contributed by atoms with Gasteiger partial charge in [-0.1, -0.05) is 36.4 Å². The van der Waals surface area contributed by atoms with Gasteiger partial charge in [-0.3, -0.25) is 9.17 Å². The molecule has 1 heterocycles. The first-order valence-electron chi connectivity index (χ1n) is 9.20. The average Bonchev–Trinajstić information content (AvgIpc) is 2.72. The molecule has 0 saturated heterocycles. The molecule has 0 saturated carbocycles. The van der Waals surface area contributed by atoms with Crippen LogP contribution >= 0.6 is 0 Å². The van der Waals surface area contributed by atoms with Gasteiger partial charge in [-0.05, 0) is 56.3 Å². The lowest BCUT2D eigenvalue weighted by Gasteiger charge is -2.19. The maximum atomic E-state index is 12.5. The first-order valence-corrected chi connectivity index (χ1v) is 10.6. The molecule has 2 aromatic carbocycles. The van der Waals surface area contributed by atoms with Crippen LogP contribution in [0.5, 0.6) is 5.75 Å². The molecule has 1 unspecified atom stereocenters. The van der Waals surface area contributed by atoms with Crippen LogP contribution in [0.4, 0.5) is 0 Å². The second-order valence-electron chi connectivity index (χ2n) is 6.50. The number of hydrogen-bond acceptors (Lipinski definition) is 5. The number of rotatable bonds is 8. The number of fused-ring (bicyclic) bond motifs is 1. The Morgan fingerprint density at radius 1 is 1.14 bits per heavy atom. The lowest BCUT2D eigenvalue weighted by Crippen LogP contribution is -2.23. The van der Waals surface area contributed by atoms with Crippen molar-refractivity contribution in [2.75, 3.05) is 6.61 Å². The van der Waals surface area contributed by atoms with Crippen molar-refractivity contribution in [2.24, 2.45) is 0 Å². The summed E-state index contributed by atoms with van der Waals surface area (Å²) in [7, 11) is -3.89. The van der Waals surface area contributed by atoms with Gasteiger partial charge >= 0.3 is 0 Å². The Balaban J connectivity index is 1.84. The van der Waals surface area contributed by atoms with Crippen LogP contribution in [0, 0.1) is 6.92 Å². The van der Waals surface area contributed by atoms with E-state index in [1.165, 1.54) is 18.2 Å². The summed E-state index contributed by atoms with van der Waals surface area (Å²) in [6.07, 6.45) is 6.41. The third-order valence-corrected chi connectivity index (χ3v) is 5.64. The fourth-order valence-electron chi connectivity index (χ4n) is 2.82. The lowest BCUT2D eigenvalue weighted by atomic mass is 10.1. The SMILES string of the molecule is C=CC(COS(=O)(=O)c1ccc(C)cc1)Oc1c(C=CC)ccc2ncccc12. The van der Waals surface area contributed by atoms with E-state index in [2.05, 4.69) is 11.6 Å². The van der Waals surface area contributed by atoms with E-state index in [0.29, 0.717) is 5.75 Å². The summed E-state index contributed by atoms with van der Waals surface area (Å²) in [5.74, 6) is 0.606. The number of ether oxygens (including phenoxy) is 1. The van der Waals surface area contributed by atoms with Crippen LogP contribution in [0.2, 0.25) is 0 Å². The van der Waals surface area contributed by atoms with Gasteiger partial charge in [0.15, 0.2) is 0 Å². The van der Waals surface area contributed by atoms with E-state index < -0.39 is 16.2 Å². The average molecular weight is 410 g/mol. The topological polar surface area (TPSA) is 65.5 Å². The third-order valence-electron chi connectivity index (χ3n) is 4.34. The number of aromatic nitrogens is 1. The summed E-state index contributed by atoms with van der Waals surface area (Å²) in [4.78, 5) is 4.46. The number of aryl methyl sites for hydroxylation is 1. The van der Waals surface area contributed by atoms with Crippen molar-refractivity contribution in [2.45, 2.75) is 24.8 Å². The first kappa shape index (κ1) is 20.8. The zero-order chi connectivity index (χ0) is 20.9. The van der Waals surface area contributed by atoms with Gasteiger partial charge < -0.3 is 4.74 Å². The Bertz CT molecular complexity index is 1140. The summed E-state index contributed by atoms with van der Waals surface area (Å²) in [5, 5.41) is 0.830. The molecule has 5 nitrogen and oxygen atoms in total. The van der Waals surface area contributed by atoms with Crippen molar-refractivity contribution in [1.29, 1.82) is 0 Å². The summed E-state index contributed by atoms with van der Waals surface area (Å²) in [6.45, 7) is 7.38. The van der Waals surface area contributed by atoms with Crippen LogP contribution in [-0.2, 0) is 14.3 Å². The summed E-state index contributed by atoms with van der Waals surface area (Å²) in [5.41, 5.74) is 2.62. The second kappa shape index (κ2) is 9.03. The standard InChI is InChI=1S/C23H23NO4S/c1-4-7-18-11-14-22-21(8-6-15-24-22)23(18)28-19(5-2)16-27-29(25,26)20-12-9-17(3)10-13-20/h4-15,19H,2,16H2,1,3H3. The highest BCUT2D eigenvalue weighted by Crippen LogP contribution is 2.31. The van der Waals surface area contributed by atoms with Crippen molar-refractivity contribution >= 4 is 27.1 Å². The van der Waals surface area contributed by atoms with E-state index >= 15 is 0 Å². The van der Waals surface area contributed by atoms with Gasteiger partial charge in [-0.15, -0.1) is 0 Å². The van der Waals surface area contributed by atoms with Crippen LogP contribution in [0.25, 0.3) is 17.0 Å². The van der Waals surface area contributed by atoms with Crippen LogP contribution in [-0.4, -0.2) is 26.1 Å². The molecule has 3 aromatic rings. The predicted octanol–water partition coefficient (Wildman–Crippen LogP) is 4.92. The molecule has 0 aliphatic carbocycles. The molecule has 3 rings (SSSR count). The zero-order valence-electron chi connectivity index (χ0n) is 16.4. The maximum Gasteiger partial charge on any atom is 0.297 e. The molecular weight excluding hydrogens is 386 g/mol. The summed E-state index contributed by atoms with van der Waals surface area (Å²) in [6, 6.07) is 14.1. The molecule has 0 fully saturated rings. The van der Waals surface area contributed by atoms with Gasteiger partial charge in [0.05, 0.1) is 10.4 Å². The molecule has 0 amide bonds. The minimum Gasteiger partial charge on any atom is -0.483 e. The Morgan fingerprint density at radius 2 is 1.90 bits per heavy atom. The predicted molar refractivity (Wildman–Crippen MR) is 115 cm³/mol. The minimum absolute atomic E-state index is 0.106. The molecule has 0 radical (unpaired) electrons. The van der Waals surface area contributed by atoms with Gasteiger partial charge in [-0.25, -0.2) is 0 Å². The van der Waals surface area contributed by atoms with E-state index in [1.807, 2.05) is 50.3 Å². The molecule has 1 atom stereocenters. The van der Waals surface area contributed by atoms with Crippen LogP contribution in [0.3, 0.4) is 0 Å². The molecule has 0 N–H and O–H groups in total. The normalized spacial score (nSPS) is 12.9. The van der Waals surface area contributed by atoms with Crippen LogP contribution < -0.4 is 4.74 Å². The van der Waals surface area contributed by atoms with Gasteiger partial charge in [0, 0.05) is 17.1 Å². The molecular formula is C23H23NO4S. The molecule has 150 valence electrons. The lowest BCUT2D eigenvalue weighted by molar-refractivity contribution is 0.169. The fourth-order valence-corrected chi connectivity index (χ4v) is 3.73. The van der Waals surface area contributed by atoms with Crippen molar-refractivity contribution in [3.8, 4) is 5.75 Å². The highest BCUT2D eigenvalue weighted by molar-refractivity contribution is 7.86. The first-order chi connectivity index (χ1) is 13.9. The Kier molecular flexibility index (Phi) is 6.46. The third kappa shape index (κ3) is 4.91. The van der Waals surface area contributed by atoms with Crippen LogP contribution in [0.1, 0.15) is 18.1 Å². The number of pyridine rings is 1. The minimum atomic E-state index is -3.89. The van der Waals surface area contributed by atoms with E-state index in [4.69, 9.17) is 8.92 Å². The number of hydrogen-bond donors (Lipinski definition) is 0. The van der Waals surface area contributed by atoms with Crippen LogP contribution in [0.15, 0.2) is 78.4 Å².